The molecule has 0 saturated carbocycles. The predicted octanol–water partition coefficient (Wildman–Crippen LogP) is 4.21. The molecule has 0 saturated heterocycles. The number of alkyl carbamates (subject to hydrolysis) is 1. The largest absolute Gasteiger partial charge is 0.481 e. The van der Waals surface area contributed by atoms with E-state index in [1.807, 2.05) is 6.92 Å². The van der Waals surface area contributed by atoms with Gasteiger partial charge in [-0.05, 0) is 45.4 Å². The maximum absolute atomic E-state index is 11.8. The van der Waals surface area contributed by atoms with Crippen LogP contribution in [-0.4, -0.2) is 29.3 Å². The van der Waals surface area contributed by atoms with Gasteiger partial charge < -0.3 is 15.2 Å². The van der Waals surface area contributed by atoms with E-state index in [1.54, 1.807) is 20.8 Å². The second kappa shape index (κ2) is 7.84. The van der Waals surface area contributed by atoms with Crippen LogP contribution in [0.4, 0.5) is 4.79 Å². The van der Waals surface area contributed by atoms with Crippen molar-refractivity contribution in [2.24, 2.45) is 10.8 Å². The third kappa shape index (κ3) is 8.25. The van der Waals surface area contributed by atoms with E-state index in [4.69, 9.17) is 4.74 Å². The number of aliphatic carboxylic acids is 1. The van der Waals surface area contributed by atoms with Crippen molar-refractivity contribution < 1.29 is 19.4 Å². The number of carboxylic acids is 1. The van der Waals surface area contributed by atoms with Gasteiger partial charge in [0.25, 0.3) is 0 Å². The van der Waals surface area contributed by atoms with E-state index in [-0.39, 0.29) is 12.0 Å². The quantitative estimate of drug-likeness (QED) is 0.738. The molecule has 5 nitrogen and oxygen atoms in total. The van der Waals surface area contributed by atoms with Gasteiger partial charge in [0.1, 0.15) is 5.60 Å². The summed E-state index contributed by atoms with van der Waals surface area (Å²) in [7, 11) is 0. The Morgan fingerprint density at radius 3 is 1.91 bits per heavy atom. The van der Waals surface area contributed by atoms with Crippen molar-refractivity contribution in [2.45, 2.75) is 79.8 Å². The van der Waals surface area contributed by atoms with Gasteiger partial charge in [-0.15, -0.1) is 0 Å². The summed E-state index contributed by atoms with van der Waals surface area (Å²) in [5.41, 5.74) is -1.47. The third-order valence-electron chi connectivity index (χ3n) is 3.51. The summed E-state index contributed by atoms with van der Waals surface area (Å²) in [5.74, 6) is -0.852. The highest BCUT2D eigenvalue weighted by Gasteiger charge is 2.39. The fourth-order valence-corrected chi connectivity index (χ4v) is 2.24. The highest BCUT2D eigenvalue weighted by Crippen LogP contribution is 2.34. The van der Waals surface area contributed by atoms with Crippen LogP contribution in [-0.2, 0) is 9.53 Å². The Morgan fingerprint density at radius 2 is 1.55 bits per heavy atom. The van der Waals surface area contributed by atoms with Crippen molar-refractivity contribution in [2.75, 3.05) is 6.54 Å². The van der Waals surface area contributed by atoms with E-state index in [9.17, 15) is 14.7 Å². The number of carbonyl (C=O) groups excluding carboxylic acids is 1. The van der Waals surface area contributed by atoms with Crippen LogP contribution in [0.15, 0.2) is 0 Å². The Labute approximate surface area is 134 Å². The first-order valence-electron chi connectivity index (χ1n) is 8.01. The van der Waals surface area contributed by atoms with Gasteiger partial charge in [0, 0.05) is 6.54 Å². The lowest BCUT2D eigenvalue weighted by Crippen LogP contribution is -2.45. The Balaban J connectivity index is 4.92. The molecule has 1 unspecified atom stereocenters. The Morgan fingerprint density at radius 1 is 1.00 bits per heavy atom. The van der Waals surface area contributed by atoms with Crippen LogP contribution < -0.4 is 5.32 Å². The zero-order valence-corrected chi connectivity index (χ0v) is 15.2. The van der Waals surface area contributed by atoms with Crippen molar-refractivity contribution in [1.29, 1.82) is 0 Å². The van der Waals surface area contributed by atoms with Gasteiger partial charge in [-0.3, -0.25) is 4.79 Å². The van der Waals surface area contributed by atoms with E-state index < -0.39 is 23.1 Å². The summed E-state index contributed by atoms with van der Waals surface area (Å²) in [5, 5.41) is 12.3. The number of carboxylic acid groups (broad SMARTS) is 1. The predicted molar refractivity (Wildman–Crippen MR) is 87.9 cm³/mol. The summed E-state index contributed by atoms with van der Waals surface area (Å²) in [4.78, 5) is 23.6. The molecule has 0 spiro atoms. The van der Waals surface area contributed by atoms with Gasteiger partial charge in [-0.25, -0.2) is 4.79 Å². The average Bonchev–Trinajstić information content (AvgIpc) is 2.29. The lowest BCUT2D eigenvalue weighted by atomic mass is 9.74. The molecular formula is C17H33NO4. The van der Waals surface area contributed by atoms with Gasteiger partial charge in [-0.2, -0.15) is 0 Å². The highest BCUT2D eigenvalue weighted by molar-refractivity contribution is 5.76. The first kappa shape index (κ1) is 20.7. The smallest absolute Gasteiger partial charge is 0.407 e. The maximum atomic E-state index is 11.8. The molecule has 22 heavy (non-hydrogen) atoms. The summed E-state index contributed by atoms with van der Waals surface area (Å²) >= 11 is 0. The van der Waals surface area contributed by atoms with Gasteiger partial charge in [0.05, 0.1) is 5.41 Å². The third-order valence-corrected chi connectivity index (χ3v) is 3.51. The van der Waals surface area contributed by atoms with Gasteiger partial charge in [-0.1, -0.05) is 34.1 Å². The SMILES string of the molecule is CCCC(CCC(C)(C)C)(CNC(=O)OC(C)(C)C)C(=O)O. The number of amides is 1. The van der Waals surface area contributed by atoms with E-state index >= 15 is 0 Å². The first-order valence-corrected chi connectivity index (χ1v) is 8.01. The number of nitrogens with one attached hydrogen (secondary N) is 1. The molecule has 0 radical (unpaired) electrons. The topological polar surface area (TPSA) is 75.6 Å². The zero-order chi connectivity index (χ0) is 17.6. The van der Waals surface area contributed by atoms with Gasteiger partial charge >= 0.3 is 12.1 Å². The molecule has 1 atom stereocenters. The Kier molecular flexibility index (Phi) is 7.39. The Bertz CT molecular complexity index is 379. The first-order chi connectivity index (χ1) is 9.81. The normalized spacial score (nSPS) is 15.0. The lowest BCUT2D eigenvalue weighted by molar-refractivity contribution is -0.150. The molecule has 0 heterocycles. The van der Waals surface area contributed by atoms with Crippen molar-refractivity contribution in [3.8, 4) is 0 Å². The standard InChI is InChI=1S/C17H33NO4/c1-8-9-17(13(19)20,11-10-15(2,3)4)12-18-14(21)22-16(5,6)7/h8-12H2,1-7H3,(H,18,21)(H,19,20). The van der Waals surface area contributed by atoms with E-state index in [0.29, 0.717) is 12.8 Å². The number of carbonyl (C=O) groups is 2. The van der Waals surface area contributed by atoms with Crippen molar-refractivity contribution in [1.82, 2.24) is 5.32 Å². The van der Waals surface area contributed by atoms with Crippen LogP contribution in [0.5, 0.6) is 0 Å². The van der Waals surface area contributed by atoms with E-state index in [2.05, 4.69) is 26.1 Å². The minimum Gasteiger partial charge on any atom is -0.481 e. The molecule has 0 aliphatic carbocycles. The van der Waals surface area contributed by atoms with Crippen molar-refractivity contribution in [3.05, 3.63) is 0 Å². The van der Waals surface area contributed by atoms with E-state index in [0.717, 1.165) is 12.8 Å². The zero-order valence-electron chi connectivity index (χ0n) is 15.2. The van der Waals surface area contributed by atoms with Crippen LogP contribution in [0.3, 0.4) is 0 Å². The van der Waals surface area contributed by atoms with Crippen molar-refractivity contribution >= 4 is 12.1 Å². The molecule has 2 N–H and O–H groups in total. The van der Waals surface area contributed by atoms with Crippen LogP contribution in [0.25, 0.3) is 0 Å². The second-order valence-corrected chi connectivity index (χ2v) is 8.25. The molecule has 0 bridgehead atoms. The van der Waals surface area contributed by atoms with Gasteiger partial charge in [0.15, 0.2) is 0 Å². The fraction of sp³-hybridized carbons (Fsp3) is 0.882. The van der Waals surface area contributed by atoms with E-state index in [1.165, 1.54) is 0 Å². The molecular weight excluding hydrogens is 282 g/mol. The number of ether oxygens (including phenoxy) is 1. The van der Waals surface area contributed by atoms with Crippen LogP contribution >= 0.6 is 0 Å². The monoisotopic (exact) mass is 315 g/mol. The highest BCUT2D eigenvalue weighted by atomic mass is 16.6. The molecule has 0 aliphatic heterocycles. The number of hydrogen-bond donors (Lipinski definition) is 2. The summed E-state index contributed by atoms with van der Waals surface area (Å²) in [6.45, 7) is 13.7. The molecule has 0 aromatic rings. The minimum atomic E-state index is -0.932. The molecule has 0 aliphatic rings. The van der Waals surface area contributed by atoms with Crippen molar-refractivity contribution in [3.63, 3.8) is 0 Å². The molecule has 0 aromatic heterocycles. The molecule has 130 valence electrons. The number of hydrogen-bond acceptors (Lipinski definition) is 3. The average molecular weight is 315 g/mol. The minimum absolute atomic E-state index is 0.0559. The summed E-state index contributed by atoms with van der Waals surface area (Å²) in [6, 6.07) is 0. The fourth-order valence-electron chi connectivity index (χ4n) is 2.24. The van der Waals surface area contributed by atoms with Crippen LogP contribution in [0, 0.1) is 10.8 Å². The molecule has 0 fully saturated rings. The van der Waals surface area contributed by atoms with Gasteiger partial charge in [0.2, 0.25) is 0 Å². The lowest BCUT2D eigenvalue weighted by Gasteiger charge is -2.32. The molecule has 0 rings (SSSR count). The second-order valence-electron chi connectivity index (χ2n) is 8.25. The summed E-state index contributed by atoms with van der Waals surface area (Å²) < 4.78 is 5.19. The number of rotatable bonds is 7. The maximum Gasteiger partial charge on any atom is 0.407 e. The molecule has 0 aromatic carbocycles. The van der Waals surface area contributed by atoms with Crippen LogP contribution in [0.2, 0.25) is 0 Å². The van der Waals surface area contributed by atoms with Crippen LogP contribution in [0.1, 0.15) is 74.1 Å². The molecule has 5 heteroatoms. The Hall–Kier alpha value is -1.26. The summed E-state index contributed by atoms with van der Waals surface area (Å²) in [6.07, 6.45) is 2.05. The molecule has 1 amide bonds.